The van der Waals surface area contributed by atoms with Crippen LogP contribution in [0.15, 0.2) is 29.3 Å². The van der Waals surface area contributed by atoms with Gasteiger partial charge in [0, 0.05) is 21.4 Å². The third-order valence-electron chi connectivity index (χ3n) is 3.41. The van der Waals surface area contributed by atoms with E-state index in [0.29, 0.717) is 5.17 Å². The highest BCUT2D eigenvalue weighted by molar-refractivity contribution is 14.1. The van der Waals surface area contributed by atoms with Crippen LogP contribution in [0.2, 0.25) is 0 Å². The van der Waals surface area contributed by atoms with Crippen molar-refractivity contribution in [1.82, 2.24) is 0 Å². The van der Waals surface area contributed by atoms with E-state index in [-0.39, 0.29) is 28.7 Å². The summed E-state index contributed by atoms with van der Waals surface area (Å²) < 4.78 is 24.8. The number of aliphatic imine (C=N–C) groups is 1. The Morgan fingerprint density at radius 3 is 2.86 bits per heavy atom. The molecule has 0 spiro atoms. The molecule has 0 bridgehead atoms. The number of benzene rings is 1. The van der Waals surface area contributed by atoms with Crippen LogP contribution < -0.4 is 4.90 Å². The zero-order chi connectivity index (χ0) is 15.2. The minimum atomic E-state index is -3.01. The molecule has 1 aromatic rings. The van der Waals surface area contributed by atoms with Crippen LogP contribution in [0.1, 0.15) is 6.92 Å². The fourth-order valence-corrected chi connectivity index (χ4v) is 7.11. The summed E-state index contributed by atoms with van der Waals surface area (Å²) >= 11 is 3.61. The van der Waals surface area contributed by atoms with Gasteiger partial charge in [-0.15, -0.1) is 0 Å². The first-order valence-electron chi connectivity index (χ1n) is 6.37. The van der Waals surface area contributed by atoms with Crippen molar-refractivity contribution >= 4 is 61.0 Å². The van der Waals surface area contributed by atoms with Gasteiger partial charge >= 0.3 is 0 Å². The number of anilines is 1. The molecular weight excluding hydrogens is 423 g/mol. The molecule has 2 fully saturated rings. The van der Waals surface area contributed by atoms with E-state index in [1.54, 1.807) is 0 Å². The second-order valence-electron chi connectivity index (χ2n) is 5.06. The molecule has 112 valence electrons. The zero-order valence-electron chi connectivity index (χ0n) is 11.2. The Kier molecular flexibility index (Phi) is 4.04. The molecule has 21 heavy (non-hydrogen) atoms. The molecular formula is C13H13IN2O3S2. The number of hydrogen-bond acceptors (Lipinski definition) is 4. The molecule has 0 unspecified atom stereocenters. The predicted octanol–water partition coefficient (Wildman–Crippen LogP) is 1.91. The van der Waals surface area contributed by atoms with Crippen LogP contribution in [0.4, 0.5) is 5.69 Å². The van der Waals surface area contributed by atoms with Gasteiger partial charge in [0.25, 0.3) is 0 Å². The number of carbonyl (C=O) groups excluding carboxylic acids is 1. The minimum Gasteiger partial charge on any atom is -0.316 e. The summed E-state index contributed by atoms with van der Waals surface area (Å²) in [6.45, 7) is 1.41. The zero-order valence-corrected chi connectivity index (χ0v) is 15.0. The molecule has 0 radical (unpaired) electrons. The Labute approximate surface area is 141 Å². The van der Waals surface area contributed by atoms with Crippen molar-refractivity contribution in [1.29, 1.82) is 0 Å². The molecule has 1 aromatic carbocycles. The van der Waals surface area contributed by atoms with E-state index in [9.17, 15) is 13.2 Å². The van der Waals surface area contributed by atoms with Gasteiger partial charge in [-0.25, -0.2) is 8.42 Å². The first kappa shape index (κ1) is 15.3. The van der Waals surface area contributed by atoms with E-state index < -0.39 is 9.84 Å². The molecule has 0 aliphatic carbocycles. The average Bonchev–Trinajstić information content (AvgIpc) is 2.79. The van der Waals surface area contributed by atoms with Gasteiger partial charge in [-0.05, 0) is 40.8 Å². The molecule has 0 aromatic heterocycles. The van der Waals surface area contributed by atoms with E-state index >= 15 is 0 Å². The lowest BCUT2D eigenvalue weighted by Crippen LogP contribution is -2.37. The molecule has 2 heterocycles. The molecule has 5 nitrogen and oxygen atoms in total. The molecule has 0 N–H and O–H groups in total. The smallest absolute Gasteiger partial charge is 0.244 e. The van der Waals surface area contributed by atoms with Crippen molar-refractivity contribution in [3.8, 4) is 0 Å². The van der Waals surface area contributed by atoms with E-state index in [1.165, 1.54) is 18.7 Å². The van der Waals surface area contributed by atoms with Crippen LogP contribution in [-0.4, -0.2) is 42.3 Å². The number of carbonyl (C=O) groups is 1. The first-order valence-corrected chi connectivity index (χ1v) is 10.1. The number of hydrogen-bond donors (Lipinski definition) is 0. The number of sulfone groups is 1. The van der Waals surface area contributed by atoms with E-state index in [1.807, 2.05) is 29.2 Å². The van der Waals surface area contributed by atoms with Crippen LogP contribution in [-0.2, 0) is 14.6 Å². The first-order chi connectivity index (χ1) is 9.85. The standard InChI is InChI=1S/C13H13IN2O3S2/c1-8(17)15-13-16(10-4-2-3-9(14)5-10)11-6-21(18,19)7-12(11)20-13/h2-5,11-12H,6-7H2,1H3/t11-,12+/m0/s1. The normalized spacial score (nSPS) is 28.9. The SMILES string of the molecule is CC(=O)N=C1S[C@@H]2CS(=O)(=O)C[C@@H]2N1c1cccc(I)c1. The maximum absolute atomic E-state index is 11.9. The van der Waals surface area contributed by atoms with Gasteiger partial charge in [-0.3, -0.25) is 4.79 Å². The highest BCUT2D eigenvalue weighted by atomic mass is 127. The monoisotopic (exact) mass is 436 g/mol. The lowest BCUT2D eigenvalue weighted by atomic mass is 10.2. The third kappa shape index (κ3) is 3.11. The topological polar surface area (TPSA) is 66.8 Å². The number of thioether (sulfide) groups is 1. The van der Waals surface area contributed by atoms with Crippen molar-refractivity contribution in [3.63, 3.8) is 0 Å². The summed E-state index contributed by atoms with van der Waals surface area (Å²) in [7, 11) is -3.01. The average molecular weight is 436 g/mol. The van der Waals surface area contributed by atoms with Gasteiger partial charge in [0.05, 0.1) is 17.5 Å². The number of fused-ring (bicyclic) bond motifs is 1. The van der Waals surface area contributed by atoms with Crippen molar-refractivity contribution in [2.75, 3.05) is 16.4 Å². The Morgan fingerprint density at radius 1 is 1.43 bits per heavy atom. The van der Waals surface area contributed by atoms with E-state index in [0.717, 1.165) is 9.26 Å². The summed E-state index contributed by atoms with van der Waals surface area (Å²) in [4.78, 5) is 17.3. The van der Waals surface area contributed by atoms with Crippen molar-refractivity contribution in [2.45, 2.75) is 18.2 Å². The van der Waals surface area contributed by atoms with Crippen LogP contribution >= 0.6 is 34.4 Å². The second-order valence-corrected chi connectivity index (χ2v) is 9.67. The maximum Gasteiger partial charge on any atom is 0.244 e. The number of nitrogens with zero attached hydrogens (tertiary/aromatic N) is 2. The summed E-state index contributed by atoms with van der Waals surface area (Å²) in [5.74, 6) is 0.00295. The van der Waals surface area contributed by atoms with Gasteiger partial charge in [0.1, 0.15) is 0 Å². The summed E-state index contributed by atoms with van der Waals surface area (Å²) in [5, 5.41) is 0.556. The van der Waals surface area contributed by atoms with E-state index in [2.05, 4.69) is 27.6 Å². The van der Waals surface area contributed by atoms with Crippen molar-refractivity contribution in [2.24, 2.45) is 4.99 Å². The van der Waals surface area contributed by atoms with E-state index in [4.69, 9.17) is 0 Å². The molecule has 3 rings (SSSR count). The number of amidine groups is 1. The summed E-state index contributed by atoms with van der Waals surface area (Å²) in [6, 6.07) is 7.65. The third-order valence-corrected chi connectivity index (χ3v) is 7.29. The predicted molar refractivity (Wildman–Crippen MR) is 93.6 cm³/mol. The molecule has 2 aliphatic heterocycles. The summed E-state index contributed by atoms with van der Waals surface area (Å²) in [5.41, 5.74) is 0.888. The molecule has 1 amide bonds. The number of amides is 1. The molecule has 0 saturated carbocycles. The van der Waals surface area contributed by atoms with Crippen LogP contribution in [0.5, 0.6) is 0 Å². The lowest BCUT2D eigenvalue weighted by molar-refractivity contribution is -0.115. The Hall–Kier alpha value is -0.610. The van der Waals surface area contributed by atoms with Gasteiger partial charge < -0.3 is 4.90 Å². The molecule has 2 aliphatic rings. The highest BCUT2D eigenvalue weighted by Crippen LogP contribution is 2.41. The Morgan fingerprint density at radius 2 is 2.19 bits per heavy atom. The fraction of sp³-hybridized carbons (Fsp3) is 0.385. The van der Waals surface area contributed by atoms with Gasteiger partial charge in [-0.1, -0.05) is 17.8 Å². The van der Waals surface area contributed by atoms with Crippen molar-refractivity contribution in [3.05, 3.63) is 27.8 Å². The second kappa shape index (κ2) is 5.54. The lowest BCUT2D eigenvalue weighted by Gasteiger charge is -2.24. The van der Waals surface area contributed by atoms with Crippen LogP contribution in [0.25, 0.3) is 0 Å². The minimum absolute atomic E-state index is 0.0500. The number of halogens is 1. The molecule has 2 saturated heterocycles. The van der Waals surface area contributed by atoms with Gasteiger partial charge in [-0.2, -0.15) is 4.99 Å². The Bertz CT molecular complexity index is 733. The molecule has 2 atom stereocenters. The van der Waals surface area contributed by atoms with Crippen molar-refractivity contribution < 1.29 is 13.2 Å². The maximum atomic E-state index is 11.9. The largest absolute Gasteiger partial charge is 0.316 e. The molecule has 8 heteroatoms. The van der Waals surface area contributed by atoms with Gasteiger partial charge in [0.2, 0.25) is 5.91 Å². The quantitative estimate of drug-likeness (QED) is 0.630. The fourth-order valence-electron chi connectivity index (χ4n) is 2.63. The Balaban J connectivity index is 2.05. The van der Waals surface area contributed by atoms with Crippen LogP contribution in [0.3, 0.4) is 0 Å². The van der Waals surface area contributed by atoms with Crippen LogP contribution in [0, 0.1) is 3.57 Å². The van der Waals surface area contributed by atoms with Gasteiger partial charge in [0.15, 0.2) is 15.0 Å². The summed E-state index contributed by atoms with van der Waals surface area (Å²) in [6.07, 6.45) is 0. The highest BCUT2D eigenvalue weighted by Gasteiger charge is 2.49. The number of rotatable bonds is 1.